The molecule has 4 atom stereocenters. The van der Waals surface area contributed by atoms with Gasteiger partial charge < -0.3 is 23.7 Å². The summed E-state index contributed by atoms with van der Waals surface area (Å²) in [7, 11) is 3.27. The second-order valence-corrected chi connectivity index (χ2v) is 7.06. The molecule has 2 bridgehead atoms. The summed E-state index contributed by atoms with van der Waals surface area (Å²) in [6.45, 7) is 3.31. The van der Waals surface area contributed by atoms with Gasteiger partial charge in [0.1, 0.15) is 5.60 Å². The SMILES string of the molecule is COCCN1C[C@]23C=C[C@H](O2)[C@@H](C(=O)N(C)Cc2nnc(C)o2)[C@H]3C1=O. The molecule has 26 heavy (non-hydrogen) atoms. The molecule has 9 nitrogen and oxygen atoms in total. The molecule has 3 aliphatic heterocycles. The van der Waals surface area contributed by atoms with Crippen LogP contribution < -0.4 is 0 Å². The van der Waals surface area contributed by atoms with Crippen LogP contribution in [0.4, 0.5) is 0 Å². The molecule has 0 radical (unpaired) electrons. The molecule has 0 aromatic carbocycles. The number of ether oxygens (including phenoxy) is 2. The molecule has 4 rings (SSSR count). The van der Waals surface area contributed by atoms with Crippen LogP contribution in [0.15, 0.2) is 16.6 Å². The van der Waals surface area contributed by atoms with E-state index in [2.05, 4.69) is 10.2 Å². The maximum atomic E-state index is 13.1. The van der Waals surface area contributed by atoms with Gasteiger partial charge in [-0.2, -0.15) is 0 Å². The van der Waals surface area contributed by atoms with Gasteiger partial charge in [-0.25, -0.2) is 0 Å². The molecule has 0 unspecified atom stereocenters. The first kappa shape index (κ1) is 17.2. The van der Waals surface area contributed by atoms with Crippen LogP contribution in [0.25, 0.3) is 0 Å². The summed E-state index contributed by atoms with van der Waals surface area (Å²) >= 11 is 0. The van der Waals surface area contributed by atoms with Crippen LogP contribution in [0.2, 0.25) is 0 Å². The number of rotatable bonds is 6. The normalized spacial score (nSPS) is 31.7. The Morgan fingerprint density at radius 1 is 1.50 bits per heavy atom. The van der Waals surface area contributed by atoms with Crippen LogP contribution in [-0.4, -0.2) is 77.4 Å². The first-order valence-electron chi connectivity index (χ1n) is 8.64. The summed E-state index contributed by atoms with van der Waals surface area (Å²) in [4.78, 5) is 29.2. The first-order chi connectivity index (χ1) is 12.4. The van der Waals surface area contributed by atoms with Crippen molar-refractivity contribution in [2.45, 2.75) is 25.2 Å². The summed E-state index contributed by atoms with van der Waals surface area (Å²) in [5.74, 6) is -0.404. The van der Waals surface area contributed by atoms with Crippen molar-refractivity contribution in [2.75, 3.05) is 33.9 Å². The monoisotopic (exact) mass is 362 g/mol. The highest BCUT2D eigenvalue weighted by atomic mass is 16.5. The van der Waals surface area contributed by atoms with Gasteiger partial charge >= 0.3 is 0 Å². The van der Waals surface area contributed by atoms with Gasteiger partial charge in [-0.05, 0) is 0 Å². The number of amides is 2. The van der Waals surface area contributed by atoms with Gasteiger partial charge in [0.25, 0.3) is 0 Å². The summed E-state index contributed by atoms with van der Waals surface area (Å²) in [5, 5.41) is 7.70. The zero-order chi connectivity index (χ0) is 18.5. The molecule has 0 saturated carbocycles. The number of aromatic nitrogens is 2. The highest BCUT2D eigenvalue weighted by molar-refractivity contribution is 5.92. The zero-order valence-electron chi connectivity index (χ0n) is 15.0. The lowest BCUT2D eigenvalue weighted by Gasteiger charge is -2.27. The number of carbonyl (C=O) groups excluding carboxylic acids is 2. The molecule has 0 aliphatic carbocycles. The minimum Gasteiger partial charge on any atom is -0.424 e. The molecule has 140 valence electrons. The molecule has 1 aromatic heterocycles. The zero-order valence-corrected chi connectivity index (χ0v) is 15.0. The second kappa shape index (κ2) is 6.17. The smallest absolute Gasteiger partial charge is 0.235 e. The highest BCUT2D eigenvalue weighted by Crippen LogP contribution is 2.52. The Hall–Kier alpha value is -2.26. The van der Waals surface area contributed by atoms with Gasteiger partial charge in [0, 0.05) is 27.6 Å². The minimum atomic E-state index is -0.697. The van der Waals surface area contributed by atoms with E-state index in [1.165, 1.54) is 4.90 Å². The van der Waals surface area contributed by atoms with Gasteiger partial charge in [0.2, 0.25) is 23.6 Å². The van der Waals surface area contributed by atoms with Crippen LogP contribution in [0.1, 0.15) is 11.8 Å². The Morgan fingerprint density at radius 2 is 2.31 bits per heavy atom. The number of hydrogen-bond acceptors (Lipinski definition) is 7. The summed E-state index contributed by atoms with van der Waals surface area (Å²) < 4.78 is 16.5. The van der Waals surface area contributed by atoms with Crippen molar-refractivity contribution >= 4 is 11.8 Å². The summed E-state index contributed by atoms with van der Waals surface area (Å²) in [5.41, 5.74) is -0.697. The van der Waals surface area contributed by atoms with E-state index in [0.29, 0.717) is 31.5 Å². The lowest BCUT2D eigenvalue weighted by Crippen LogP contribution is -2.44. The molecule has 0 N–H and O–H groups in total. The molecule has 1 spiro atoms. The number of likely N-dealkylation sites (tertiary alicyclic amines) is 1. The second-order valence-electron chi connectivity index (χ2n) is 7.06. The maximum absolute atomic E-state index is 13.1. The number of fused-ring (bicyclic) bond motifs is 1. The molecular formula is C17H22N4O5. The van der Waals surface area contributed by atoms with E-state index in [-0.39, 0.29) is 24.5 Å². The van der Waals surface area contributed by atoms with Crippen LogP contribution >= 0.6 is 0 Å². The molecule has 3 aliphatic rings. The number of aryl methyl sites for hydroxylation is 1. The Labute approximate surface area is 150 Å². The van der Waals surface area contributed by atoms with Crippen molar-refractivity contribution in [2.24, 2.45) is 11.8 Å². The van der Waals surface area contributed by atoms with Crippen molar-refractivity contribution in [3.8, 4) is 0 Å². The van der Waals surface area contributed by atoms with Crippen molar-refractivity contribution in [1.82, 2.24) is 20.0 Å². The van der Waals surface area contributed by atoms with Crippen LogP contribution in [0, 0.1) is 18.8 Å². The van der Waals surface area contributed by atoms with Crippen LogP contribution in [0.3, 0.4) is 0 Å². The molecule has 4 heterocycles. The van der Waals surface area contributed by atoms with Gasteiger partial charge in [0.15, 0.2) is 0 Å². The minimum absolute atomic E-state index is 0.0470. The fourth-order valence-electron chi connectivity index (χ4n) is 4.19. The van der Waals surface area contributed by atoms with Crippen LogP contribution in [-0.2, 0) is 25.6 Å². The number of hydrogen-bond donors (Lipinski definition) is 0. The van der Waals surface area contributed by atoms with Crippen molar-refractivity contribution in [1.29, 1.82) is 0 Å². The van der Waals surface area contributed by atoms with E-state index < -0.39 is 17.4 Å². The molecule has 2 amide bonds. The topological polar surface area (TPSA) is 98.0 Å². The van der Waals surface area contributed by atoms with Crippen molar-refractivity contribution < 1.29 is 23.5 Å². The van der Waals surface area contributed by atoms with E-state index in [9.17, 15) is 9.59 Å². The van der Waals surface area contributed by atoms with E-state index in [0.717, 1.165) is 0 Å². The Morgan fingerprint density at radius 3 is 3.00 bits per heavy atom. The van der Waals surface area contributed by atoms with Gasteiger partial charge in [-0.3, -0.25) is 9.59 Å². The molecule has 2 fully saturated rings. The third-order valence-corrected chi connectivity index (χ3v) is 5.35. The maximum Gasteiger partial charge on any atom is 0.235 e. The van der Waals surface area contributed by atoms with Gasteiger partial charge in [-0.15, -0.1) is 10.2 Å². The van der Waals surface area contributed by atoms with Crippen LogP contribution in [0.5, 0.6) is 0 Å². The van der Waals surface area contributed by atoms with E-state index in [1.807, 2.05) is 12.2 Å². The van der Waals surface area contributed by atoms with E-state index >= 15 is 0 Å². The molecule has 9 heteroatoms. The highest BCUT2D eigenvalue weighted by Gasteiger charge is 2.67. The predicted octanol–water partition coefficient (Wildman–Crippen LogP) is -0.235. The average molecular weight is 362 g/mol. The third-order valence-electron chi connectivity index (χ3n) is 5.35. The van der Waals surface area contributed by atoms with Gasteiger partial charge in [0.05, 0.1) is 37.6 Å². The molecule has 1 aromatic rings. The van der Waals surface area contributed by atoms with E-state index in [1.54, 1.807) is 26.0 Å². The van der Waals surface area contributed by atoms with E-state index in [4.69, 9.17) is 13.9 Å². The quantitative estimate of drug-likeness (QED) is 0.645. The molecular weight excluding hydrogens is 340 g/mol. The summed E-state index contributed by atoms with van der Waals surface area (Å²) in [6, 6.07) is 0. The number of nitrogens with zero attached hydrogens (tertiary/aromatic N) is 4. The number of carbonyl (C=O) groups is 2. The largest absolute Gasteiger partial charge is 0.424 e. The lowest BCUT2D eigenvalue weighted by molar-refractivity contribution is -0.143. The Kier molecular flexibility index (Phi) is 4.07. The fraction of sp³-hybridized carbons (Fsp3) is 0.647. The average Bonchev–Trinajstić information content (AvgIpc) is 3.34. The standard InChI is InChI=1S/C17H22N4O5/c1-10-18-19-12(25-10)8-20(2)15(22)13-11-4-5-17(26-11)9-21(6-7-24-3)16(23)14(13)17/h4-5,11,13-14H,6-9H2,1-3H3/t11-,13+,14-,17-/m0/s1. The fourth-order valence-corrected chi connectivity index (χ4v) is 4.19. The van der Waals surface area contributed by atoms with Crippen molar-refractivity contribution in [3.63, 3.8) is 0 Å². The number of methoxy groups -OCH3 is 1. The Bertz CT molecular complexity index is 762. The van der Waals surface area contributed by atoms with Gasteiger partial charge in [-0.1, -0.05) is 12.2 Å². The third kappa shape index (κ3) is 2.53. The summed E-state index contributed by atoms with van der Waals surface area (Å²) in [6.07, 6.45) is 3.47. The predicted molar refractivity (Wildman–Crippen MR) is 87.7 cm³/mol. The lowest BCUT2D eigenvalue weighted by atomic mass is 9.76. The molecule has 2 saturated heterocycles. The Balaban J connectivity index is 1.52. The van der Waals surface area contributed by atoms with Crippen molar-refractivity contribution in [3.05, 3.63) is 23.9 Å². The first-order valence-corrected chi connectivity index (χ1v) is 8.64.